The van der Waals surface area contributed by atoms with E-state index >= 15 is 0 Å². The SMILES string of the molecule is CC(C)CC1=NN(C(N)=O)C(O)(C(F)(F)F)C1. The third-order valence-corrected chi connectivity index (χ3v) is 2.35. The average molecular weight is 253 g/mol. The van der Waals surface area contributed by atoms with Crippen molar-refractivity contribution in [3.05, 3.63) is 0 Å². The van der Waals surface area contributed by atoms with E-state index in [-0.39, 0.29) is 23.1 Å². The summed E-state index contributed by atoms with van der Waals surface area (Å²) in [4.78, 5) is 10.9. The molecule has 1 rings (SSSR count). The minimum Gasteiger partial charge on any atom is -0.362 e. The van der Waals surface area contributed by atoms with Crippen molar-refractivity contribution in [1.29, 1.82) is 0 Å². The molecule has 1 atom stereocenters. The summed E-state index contributed by atoms with van der Waals surface area (Å²) in [7, 11) is 0. The van der Waals surface area contributed by atoms with Gasteiger partial charge in [0.1, 0.15) is 0 Å². The first-order chi connectivity index (χ1) is 7.58. The number of nitrogens with zero attached hydrogens (tertiary/aromatic N) is 2. The molecule has 2 amide bonds. The molecule has 0 aliphatic carbocycles. The van der Waals surface area contributed by atoms with Gasteiger partial charge in [-0.2, -0.15) is 23.3 Å². The zero-order valence-electron chi connectivity index (χ0n) is 9.45. The molecule has 0 saturated carbocycles. The van der Waals surface area contributed by atoms with Gasteiger partial charge in [-0.25, -0.2) is 4.79 Å². The molecule has 0 spiro atoms. The topological polar surface area (TPSA) is 78.9 Å². The third kappa shape index (κ3) is 2.51. The highest BCUT2D eigenvalue weighted by Gasteiger charge is 2.62. The molecule has 17 heavy (non-hydrogen) atoms. The minimum atomic E-state index is -5.00. The van der Waals surface area contributed by atoms with Crippen LogP contribution in [-0.2, 0) is 0 Å². The number of carbonyl (C=O) groups excluding carboxylic acids is 1. The van der Waals surface area contributed by atoms with E-state index in [1.165, 1.54) is 0 Å². The quantitative estimate of drug-likeness (QED) is 0.780. The molecule has 0 aromatic heterocycles. The highest BCUT2D eigenvalue weighted by Crippen LogP contribution is 2.40. The molecule has 0 saturated heterocycles. The van der Waals surface area contributed by atoms with Crippen LogP contribution in [0, 0.1) is 5.92 Å². The lowest BCUT2D eigenvalue weighted by Gasteiger charge is -2.31. The third-order valence-electron chi connectivity index (χ3n) is 2.35. The fourth-order valence-corrected chi connectivity index (χ4v) is 1.66. The summed E-state index contributed by atoms with van der Waals surface area (Å²) in [6.07, 6.45) is -5.48. The molecule has 0 fully saturated rings. The van der Waals surface area contributed by atoms with E-state index in [0.29, 0.717) is 0 Å². The zero-order chi connectivity index (χ0) is 13.4. The van der Waals surface area contributed by atoms with Crippen LogP contribution in [0.25, 0.3) is 0 Å². The van der Waals surface area contributed by atoms with E-state index in [2.05, 4.69) is 5.10 Å². The number of aliphatic hydroxyl groups is 1. The highest BCUT2D eigenvalue weighted by molar-refractivity contribution is 5.90. The van der Waals surface area contributed by atoms with E-state index in [1.807, 2.05) is 0 Å². The summed E-state index contributed by atoms with van der Waals surface area (Å²) in [6.45, 7) is 3.59. The van der Waals surface area contributed by atoms with E-state index in [4.69, 9.17) is 5.73 Å². The van der Waals surface area contributed by atoms with Crippen LogP contribution in [0.4, 0.5) is 18.0 Å². The van der Waals surface area contributed by atoms with Gasteiger partial charge in [-0.15, -0.1) is 0 Å². The molecule has 98 valence electrons. The van der Waals surface area contributed by atoms with Crippen LogP contribution in [0.2, 0.25) is 0 Å². The van der Waals surface area contributed by atoms with Crippen molar-refractivity contribution in [2.45, 2.75) is 38.6 Å². The molecule has 8 heteroatoms. The Morgan fingerprint density at radius 1 is 1.65 bits per heavy atom. The van der Waals surface area contributed by atoms with Gasteiger partial charge in [-0.05, 0) is 12.3 Å². The highest BCUT2D eigenvalue weighted by atomic mass is 19.4. The number of rotatable bonds is 2. The van der Waals surface area contributed by atoms with Crippen LogP contribution < -0.4 is 5.73 Å². The molecule has 1 aliphatic rings. The predicted octanol–water partition coefficient (Wildman–Crippen LogP) is 1.42. The smallest absolute Gasteiger partial charge is 0.362 e. The van der Waals surface area contributed by atoms with Crippen LogP contribution in [0.1, 0.15) is 26.7 Å². The van der Waals surface area contributed by atoms with Gasteiger partial charge in [0, 0.05) is 12.1 Å². The molecular weight excluding hydrogens is 239 g/mol. The van der Waals surface area contributed by atoms with E-state index in [1.54, 1.807) is 13.8 Å². The van der Waals surface area contributed by atoms with Crippen molar-refractivity contribution in [3.63, 3.8) is 0 Å². The molecular formula is C9H14F3N3O2. The molecule has 0 aromatic carbocycles. The van der Waals surface area contributed by atoms with Crippen LogP contribution in [0.15, 0.2) is 5.10 Å². The van der Waals surface area contributed by atoms with E-state index in [0.717, 1.165) is 0 Å². The fraction of sp³-hybridized carbons (Fsp3) is 0.778. The average Bonchev–Trinajstić information content (AvgIpc) is 2.41. The van der Waals surface area contributed by atoms with Gasteiger partial charge in [0.25, 0.3) is 5.72 Å². The number of carbonyl (C=O) groups is 1. The maximum absolute atomic E-state index is 12.7. The Morgan fingerprint density at radius 2 is 2.18 bits per heavy atom. The van der Waals surface area contributed by atoms with Gasteiger partial charge in [0.2, 0.25) is 0 Å². The van der Waals surface area contributed by atoms with Crippen molar-refractivity contribution < 1.29 is 23.1 Å². The largest absolute Gasteiger partial charge is 0.438 e. The Bertz CT molecular complexity index is 354. The number of hydrogen-bond donors (Lipinski definition) is 2. The Morgan fingerprint density at radius 3 is 2.47 bits per heavy atom. The lowest BCUT2D eigenvalue weighted by Crippen LogP contribution is -2.57. The van der Waals surface area contributed by atoms with Gasteiger partial charge in [0.05, 0.1) is 0 Å². The van der Waals surface area contributed by atoms with Crippen LogP contribution >= 0.6 is 0 Å². The Hall–Kier alpha value is -1.31. The second kappa shape index (κ2) is 4.17. The van der Waals surface area contributed by atoms with E-state index in [9.17, 15) is 23.1 Å². The molecule has 1 heterocycles. The number of primary amides is 1. The van der Waals surface area contributed by atoms with Crippen molar-refractivity contribution in [1.82, 2.24) is 5.01 Å². The molecule has 0 radical (unpaired) electrons. The first kappa shape index (κ1) is 13.8. The number of halogens is 3. The van der Waals surface area contributed by atoms with Gasteiger partial charge in [-0.3, -0.25) is 0 Å². The first-order valence-corrected chi connectivity index (χ1v) is 5.03. The predicted molar refractivity (Wildman–Crippen MR) is 53.9 cm³/mol. The molecule has 3 N–H and O–H groups in total. The van der Waals surface area contributed by atoms with Crippen molar-refractivity contribution in [2.75, 3.05) is 0 Å². The van der Waals surface area contributed by atoms with Crippen LogP contribution in [-0.4, -0.2) is 33.8 Å². The second-order valence-electron chi connectivity index (χ2n) is 4.41. The standard InChI is InChI=1S/C9H14F3N3O2/c1-5(2)3-6-4-8(17,9(10,11)12)15(14-6)7(13)16/h5,17H,3-4H2,1-2H3,(H2,13,16). The number of amides is 2. The maximum atomic E-state index is 12.7. The lowest BCUT2D eigenvalue weighted by atomic mass is 9.99. The number of urea groups is 1. The molecule has 0 aromatic rings. The van der Waals surface area contributed by atoms with Crippen LogP contribution in [0.3, 0.4) is 0 Å². The molecule has 1 unspecified atom stereocenters. The summed E-state index contributed by atoms with van der Waals surface area (Å²) >= 11 is 0. The number of hydrazone groups is 1. The minimum absolute atomic E-state index is 0.0686. The zero-order valence-corrected chi connectivity index (χ0v) is 9.45. The summed E-state index contributed by atoms with van der Waals surface area (Å²) in [5.41, 5.74) is 1.58. The van der Waals surface area contributed by atoms with Gasteiger partial charge in [0.15, 0.2) is 0 Å². The molecule has 1 aliphatic heterocycles. The van der Waals surface area contributed by atoms with Gasteiger partial charge >= 0.3 is 12.2 Å². The number of hydrogen-bond acceptors (Lipinski definition) is 3. The lowest BCUT2D eigenvalue weighted by molar-refractivity contribution is -0.296. The monoisotopic (exact) mass is 253 g/mol. The van der Waals surface area contributed by atoms with Crippen molar-refractivity contribution >= 4 is 11.7 Å². The Labute approximate surface area is 96.1 Å². The van der Waals surface area contributed by atoms with Gasteiger partial charge in [-0.1, -0.05) is 13.8 Å². The fourth-order valence-electron chi connectivity index (χ4n) is 1.66. The Balaban J connectivity index is 3.01. The molecule has 5 nitrogen and oxygen atoms in total. The summed E-state index contributed by atoms with van der Waals surface area (Å²) in [5.74, 6) is 0.0686. The summed E-state index contributed by atoms with van der Waals surface area (Å²) < 4.78 is 38.1. The van der Waals surface area contributed by atoms with Gasteiger partial charge < -0.3 is 10.8 Å². The number of nitrogens with two attached hydrogens (primary N) is 1. The summed E-state index contributed by atoms with van der Waals surface area (Å²) in [5, 5.41) is 12.9. The summed E-state index contributed by atoms with van der Waals surface area (Å²) in [6, 6.07) is -1.43. The van der Waals surface area contributed by atoms with Crippen molar-refractivity contribution in [2.24, 2.45) is 16.8 Å². The van der Waals surface area contributed by atoms with Crippen molar-refractivity contribution in [3.8, 4) is 0 Å². The molecule has 0 bridgehead atoms. The first-order valence-electron chi connectivity index (χ1n) is 5.03. The Kier molecular flexibility index (Phi) is 3.37. The second-order valence-corrected chi connectivity index (χ2v) is 4.41. The van der Waals surface area contributed by atoms with Crippen LogP contribution in [0.5, 0.6) is 0 Å². The van der Waals surface area contributed by atoms with E-state index < -0.39 is 24.4 Å². The number of alkyl halides is 3. The normalized spacial score (nSPS) is 25.4. The maximum Gasteiger partial charge on any atom is 0.438 e.